The van der Waals surface area contributed by atoms with Crippen LogP contribution in [0.5, 0.6) is 0 Å². The topological polar surface area (TPSA) is 82.2 Å². The zero-order valence-corrected chi connectivity index (χ0v) is 12.0. The van der Waals surface area contributed by atoms with E-state index >= 15 is 0 Å². The number of aromatic nitrogens is 1. The fraction of sp³-hybridized carbons (Fsp3) is 0.538. The van der Waals surface area contributed by atoms with Gasteiger partial charge in [-0.2, -0.15) is 0 Å². The predicted octanol–water partition coefficient (Wildman–Crippen LogP) is 2.68. The zero-order valence-electron chi connectivity index (χ0n) is 11.3. The van der Waals surface area contributed by atoms with E-state index < -0.39 is 17.9 Å². The number of hydrogen-bond donors (Lipinski definition) is 3. The molecule has 0 radical (unpaired) electrons. The van der Waals surface area contributed by atoms with E-state index in [1.165, 1.54) is 12.3 Å². The number of hydrogen-bond acceptors (Lipinski definition) is 2. The Bertz CT molecular complexity index is 463. The molecule has 0 fully saturated rings. The van der Waals surface area contributed by atoms with Gasteiger partial charge in [-0.05, 0) is 24.3 Å². The predicted molar refractivity (Wildman–Crippen MR) is 73.4 cm³/mol. The monoisotopic (exact) mass is 286 g/mol. The first-order chi connectivity index (χ1) is 8.69. The number of aromatic amines is 1. The van der Waals surface area contributed by atoms with Gasteiger partial charge in [0.25, 0.3) is 5.91 Å². The van der Waals surface area contributed by atoms with Crippen molar-refractivity contribution in [2.45, 2.75) is 39.7 Å². The molecule has 5 nitrogen and oxygen atoms in total. The Labute approximate surface area is 117 Å². The minimum atomic E-state index is -1.03. The Kier molecular flexibility index (Phi) is 5.00. The summed E-state index contributed by atoms with van der Waals surface area (Å²) in [7, 11) is 0. The molecule has 1 aromatic heterocycles. The lowest BCUT2D eigenvalue weighted by Crippen LogP contribution is -2.41. The summed E-state index contributed by atoms with van der Waals surface area (Å²) in [6, 6.07) is 0.563. The van der Waals surface area contributed by atoms with Crippen LogP contribution in [0, 0.1) is 5.41 Å². The molecule has 1 rings (SSSR count). The van der Waals surface area contributed by atoms with Crippen molar-refractivity contribution in [1.29, 1.82) is 0 Å². The van der Waals surface area contributed by atoms with E-state index in [2.05, 4.69) is 10.3 Å². The summed E-state index contributed by atoms with van der Waals surface area (Å²) in [6.45, 7) is 6.08. The summed E-state index contributed by atoms with van der Waals surface area (Å²) in [5.41, 5.74) is 0.278. The molecule has 1 aromatic rings. The fourth-order valence-electron chi connectivity index (χ4n) is 1.57. The quantitative estimate of drug-likeness (QED) is 0.778. The summed E-state index contributed by atoms with van der Waals surface area (Å²) in [4.78, 5) is 25.7. The van der Waals surface area contributed by atoms with Crippen LogP contribution in [0.1, 0.15) is 44.1 Å². The molecule has 0 saturated heterocycles. The van der Waals surface area contributed by atoms with Crippen molar-refractivity contribution >= 4 is 23.5 Å². The molecule has 0 bridgehead atoms. The van der Waals surface area contributed by atoms with E-state index in [9.17, 15) is 9.59 Å². The molecule has 0 aliphatic heterocycles. The lowest BCUT2D eigenvalue weighted by molar-refractivity contribution is -0.139. The van der Waals surface area contributed by atoms with E-state index in [0.29, 0.717) is 17.9 Å². The Morgan fingerprint density at radius 1 is 1.47 bits per heavy atom. The van der Waals surface area contributed by atoms with Crippen LogP contribution in [-0.4, -0.2) is 28.0 Å². The number of rotatable bonds is 5. The molecule has 19 heavy (non-hydrogen) atoms. The van der Waals surface area contributed by atoms with Gasteiger partial charge >= 0.3 is 5.97 Å². The third kappa shape index (κ3) is 5.34. The highest BCUT2D eigenvalue weighted by Crippen LogP contribution is 2.21. The lowest BCUT2D eigenvalue weighted by Gasteiger charge is -2.21. The number of nitrogens with one attached hydrogen (secondary N) is 2. The number of carbonyl (C=O) groups is 2. The Hall–Kier alpha value is -1.49. The van der Waals surface area contributed by atoms with E-state index in [1.807, 2.05) is 20.8 Å². The van der Waals surface area contributed by atoms with Crippen molar-refractivity contribution in [3.63, 3.8) is 0 Å². The van der Waals surface area contributed by atoms with Gasteiger partial charge in [-0.3, -0.25) is 4.79 Å². The summed E-state index contributed by atoms with van der Waals surface area (Å²) in [5.74, 6) is -1.50. The molecule has 0 aliphatic rings. The van der Waals surface area contributed by atoms with Crippen LogP contribution in [0.4, 0.5) is 0 Å². The van der Waals surface area contributed by atoms with E-state index in [1.54, 1.807) is 0 Å². The van der Waals surface area contributed by atoms with Gasteiger partial charge < -0.3 is 15.4 Å². The zero-order chi connectivity index (χ0) is 14.6. The molecule has 1 heterocycles. The first kappa shape index (κ1) is 15.6. The Balaban J connectivity index is 2.63. The average Bonchev–Trinajstić information content (AvgIpc) is 2.69. The van der Waals surface area contributed by atoms with E-state index in [-0.39, 0.29) is 11.1 Å². The first-order valence-electron chi connectivity index (χ1n) is 6.06. The second kappa shape index (κ2) is 6.10. The molecule has 106 valence electrons. The number of amides is 1. The summed E-state index contributed by atoms with van der Waals surface area (Å²) >= 11 is 5.70. The minimum absolute atomic E-state index is 0.0220. The van der Waals surface area contributed by atoms with Crippen LogP contribution < -0.4 is 5.32 Å². The van der Waals surface area contributed by atoms with Gasteiger partial charge in [-0.15, -0.1) is 0 Å². The maximum Gasteiger partial charge on any atom is 0.326 e. The molecular weight excluding hydrogens is 268 g/mol. The van der Waals surface area contributed by atoms with Gasteiger partial charge in [0.15, 0.2) is 0 Å². The third-order valence-corrected chi connectivity index (χ3v) is 2.90. The van der Waals surface area contributed by atoms with Gasteiger partial charge in [0, 0.05) is 6.20 Å². The molecule has 0 spiro atoms. The van der Waals surface area contributed by atoms with Crippen molar-refractivity contribution in [2.24, 2.45) is 5.41 Å². The molecule has 1 amide bonds. The highest BCUT2D eigenvalue weighted by molar-refractivity contribution is 6.30. The largest absolute Gasteiger partial charge is 0.480 e. The van der Waals surface area contributed by atoms with Gasteiger partial charge in [-0.1, -0.05) is 32.4 Å². The summed E-state index contributed by atoms with van der Waals surface area (Å²) < 4.78 is 0. The van der Waals surface area contributed by atoms with Crippen LogP contribution >= 0.6 is 11.6 Å². The molecule has 0 aromatic carbocycles. The maximum atomic E-state index is 11.8. The summed E-state index contributed by atoms with van der Waals surface area (Å²) in [6.07, 6.45) is 2.57. The van der Waals surface area contributed by atoms with Crippen LogP contribution in [0.25, 0.3) is 0 Å². The van der Waals surface area contributed by atoms with Gasteiger partial charge in [-0.25, -0.2) is 4.79 Å². The minimum Gasteiger partial charge on any atom is -0.480 e. The van der Waals surface area contributed by atoms with Gasteiger partial charge in [0.1, 0.15) is 11.7 Å². The third-order valence-electron chi connectivity index (χ3n) is 2.68. The van der Waals surface area contributed by atoms with E-state index in [4.69, 9.17) is 16.7 Å². The van der Waals surface area contributed by atoms with Gasteiger partial charge in [0.05, 0.1) is 5.02 Å². The van der Waals surface area contributed by atoms with Crippen LogP contribution in [0.15, 0.2) is 12.3 Å². The smallest absolute Gasteiger partial charge is 0.326 e. The molecule has 3 N–H and O–H groups in total. The second-order valence-electron chi connectivity index (χ2n) is 5.70. The normalized spacial score (nSPS) is 13.1. The van der Waals surface area contributed by atoms with E-state index in [0.717, 1.165) is 0 Å². The van der Waals surface area contributed by atoms with Gasteiger partial charge in [0.2, 0.25) is 0 Å². The highest BCUT2D eigenvalue weighted by Gasteiger charge is 2.23. The highest BCUT2D eigenvalue weighted by atomic mass is 35.5. The molecule has 1 atom stereocenters. The van der Waals surface area contributed by atoms with Crippen molar-refractivity contribution in [3.8, 4) is 0 Å². The second-order valence-corrected chi connectivity index (χ2v) is 6.13. The SMILES string of the molecule is CC(C)(C)CCC(NC(=O)c1cc(Cl)c[nH]1)C(=O)O. The lowest BCUT2D eigenvalue weighted by atomic mass is 9.88. The molecule has 0 aliphatic carbocycles. The number of carboxylic acid groups (broad SMARTS) is 1. The first-order valence-corrected chi connectivity index (χ1v) is 6.44. The van der Waals surface area contributed by atoms with Crippen molar-refractivity contribution in [3.05, 3.63) is 23.0 Å². The molecule has 1 unspecified atom stereocenters. The van der Waals surface area contributed by atoms with Crippen LogP contribution in [-0.2, 0) is 4.79 Å². The van der Waals surface area contributed by atoms with Crippen LogP contribution in [0.3, 0.4) is 0 Å². The maximum absolute atomic E-state index is 11.8. The Morgan fingerprint density at radius 3 is 2.53 bits per heavy atom. The molecule has 0 saturated carbocycles. The standard InChI is InChI=1S/C13H19ClN2O3/c1-13(2,3)5-4-9(12(18)19)16-11(17)10-6-8(14)7-15-10/h6-7,9,15H,4-5H2,1-3H3,(H,16,17)(H,18,19). The number of aliphatic carboxylic acids is 1. The number of carbonyl (C=O) groups excluding carboxylic acids is 1. The molecular formula is C13H19ClN2O3. The van der Waals surface area contributed by atoms with Crippen LogP contribution in [0.2, 0.25) is 5.02 Å². The average molecular weight is 287 g/mol. The number of carboxylic acids is 1. The summed E-state index contributed by atoms with van der Waals surface area (Å²) in [5, 5.41) is 12.0. The number of H-pyrrole nitrogens is 1. The fourth-order valence-corrected chi connectivity index (χ4v) is 1.73. The van der Waals surface area contributed by atoms with Crippen molar-refractivity contribution < 1.29 is 14.7 Å². The molecule has 6 heteroatoms. The van der Waals surface area contributed by atoms with Crippen molar-refractivity contribution in [2.75, 3.05) is 0 Å². The number of halogens is 1. The van der Waals surface area contributed by atoms with Crippen molar-refractivity contribution in [1.82, 2.24) is 10.3 Å². The Morgan fingerprint density at radius 2 is 2.11 bits per heavy atom.